The van der Waals surface area contributed by atoms with Gasteiger partial charge in [0.2, 0.25) is 0 Å². The number of methoxy groups -OCH3 is 2. The molecule has 1 atom stereocenters. The number of anilines is 1. The highest BCUT2D eigenvalue weighted by molar-refractivity contribution is 5.97. The van der Waals surface area contributed by atoms with E-state index in [1.165, 1.54) is 0 Å². The molecule has 7 heteroatoms. The van der Waals surface area contributed by atoms with Crippen molar-refractivity contribution in [1.29, 1.82) is 0 Å². The van der Waals surface area contributed by atoms with E-state index in [2.05, 4.69) is 9.48 Å². The summed E-state index contributed by atoms with van der Waals surface area (Å²) >= 11 is 0. The van der Waals surface area contributed by atoms with Crippen LogP contribution in [0.4, 0.5) is 5.69 Å². The third kappa shape index (κ3) is 4.39. The van der Waals surface area contributed by atoms with Gasteiger partial charge in [0.15, 0.2) is 18.0 Å². The first kappa shape index (κ1) is 23.4. The Labute approximate surface area is 194 Å². The molecular weight excluding hydrogens is 460 g/mol. The Kier molecular flexibility index (Phi) is 7.49. The zero-order chi connectivity index (χ0) is 21.1. The highest BCUT2D eigenvalue weighted by atomic mass is 79.9. The minimum absolute atomic E-state index is 0. The molecule has 0 aromatic heterocycles. The van der Waals surface area contributed by atoms with Crippen LogP contribution in [0.1, 0.15) is 38.2 Å². The summed E-state index contributed by atoms with van der Waals surface area (Å²) in [4.78, 5) is 2.21. The molecule has 4 rings (SSSR count). The molecule has 1 N–H and O–H groups in total. The molecule has 0 bridgehead atoms. The fraction of sp³-hybridized carbons (Fsp3) is 0.458. The van der Waals surface area contributed by atoms with E-state index in [0.717, 1.165) is 66.6 Å². The normalized spacial score (nSPS) is 20.6. The number of hydrogen-bond donors (Lipinski definition) is 1. The molecule has 2 aliphatic heterocycles. The van der Waals surface area contributed by atoms with Crippen LogP contribution in [0.15, 0.2) is 42.5 Å². The minimum atomic E-state index is -1.10. The predicted octanol–water partition coefficient (Wildman–Crippen LogP) is 0.757. The molecule has 6 nitrogen and oxygen atoms in total. The minimum Gasteiger partial charge on any atom is -1.00 e. The van der Waals surface area contributed by atoms with Crippen molar-refractivity contribution in [1.82, 2.24) is 0 Å². The molecule has 2 heterocycles. The number of β-amino-alcohol motifs (C(OH)–C–C–N with tert-alkyl or cyclic N) is 1. The van der Waals surface area contributed by atoms with Crippen molar-refractivity contribution in [2.45, 2.75) is 38.3 Å². The molecule has 0 fully saturated rings. The number of halogens is 1. The van der Waals surface area contributed by atoms with Gasteiger partial charge in [-0.15, -0.1) is 0 Å². The van der Waals surface area contributed by atoms with Crippen LogP contribution in [0.5, 0.6) is 17.2 Å². The molecule has 0 saturated carbocycles. The summed E-state index contributed by atoms with van der Waals surface area (Å²) in [5.41, 5.74) is 0.720. The van der Waals surface area contributed by atoms with Crippen LogP contribution in [-0.4, -0.2) is 49.4 Å². The van der Waals surface area contributed by atoms with Gasteiger partial charge in [-0.3, -0.25) is 0 Å². The second kappa shape index (κ2) is 9.92. The molecule has 0 saturated heterocycles. The standard InChI is InChI=1S/C24H31N2O4.BrH/c1-4-30-19-11-9-18(10-12-19)24(27)17-25(23-8-6-5-7-15-26(23)24)21-14-13-20(28-2)16-22(21)29-3;/h9-14,16,27H,4-8,15,17H2,1-3H3;1H/q+1;/p-1. The van der Waals surface area contributed by atoms with Gasteiger partial charge in [-0.05, 0) is 62.6 Å². The van der Waals surface area contributed by atoms with Crippen LogP contribution in [0.25, 0.3) is 0 Å². The van der Waals surface area contributed by atoms with Gasteiger partial charge >= 0.3 is 0 Å². The van der Waals surface area contributed by atoms with Crippen LogP contribution in [0, 0.1) is 0 Å². The number of rotatable bonds is 6. The van der Waals surface area contributed by atoms with Gasteiger partial charge in [0.05, 0.1) is 27.4 Å². The van der Waals surface area contributed by atoms with Gasteiger partial charge in [0.25, 0.3) is 11.6 Å². The molecule has 0 amide bonds. The largest absolute Gasteiger partial charge is 1.00 e. The number of aliphatic hydroxyl groups is 1. The lowest BCUT2D eigenvalue weighted by Crippen LogP contribution is -3.00. The lowest BCUT2D eigenvalue weighted by Gasteiger charge is -2.24. The number of ether oxygens (including phenoxy) is 3. The quantitative estimate of drug-likeness (QED) is 0.605. The van der Waals surface area contributed by atoms with E-state index in [-0.39, 0.29) is 17.0 Å². The molecule has 1 unspecified atom stereocenters. The van der Waals surface area contributed by atoms with Crippen LogP contribution >= 0.6 is 0 Å². The molecule has 0 spiro atoms. The third-order valence-electron chi connectivity index (χ3n) is 6.04. The zero-order valence-electron chi connectivity index (χ0n) is 18.4. The van der Waals surface area contributed by atoms with E-state index in [1.54, 1.807) is 14.2 Å². The highest BCUT2D eigenvalue weighted by Crippen LogP contribution is 2.40. The maximum absolute atomic E-state index is 12.0. The topological polar surface area (TPSA) is 54.2 Å². The Balaban J connectivity index is 0.00000272. The Bertz CT molecular complexity index is 932. The Morgan fingerprint density at radius 2 is 1.74 bits per heavy atom. The fourth-order valence-electron chi connectivity index (χ4n) is 4.53. The Hall–Kier alpha value is -2.25. The van der Waals surface area contributed by atoms with Crippen molar-refractivity contribution >= 4 is 11.5 Å². The molecular formula is C24H31BrN2O4. The number of amidine groups is 1. The number of nitrogens with zero attached hydrogens (tertiary/aromatic N) is 2. The first-order chi connectivity index (χ1) is 14.6. The van der Waals surface area contributed by atoms with E-state index in [1.807, 2.05) is 49.4 Å². The third-order valence-corrected chi connectivity index (χ3v) is 6.04. The van der Waals surface area contributed by atoms with Crippen LogP contribution < -0.4 is 36.1 Å². The first-order valence-corrected chi connectivity index (χ1v) is 10.7. The first-order valence-electron chi connectivity index (χ1n) is 10.7. The van der Waals surface area contributed by atoms with Crippen LogP contribution in [0.2, 0.25) is 0 Å². The Morgan fingerprint density at radius 3 is 2.42 bits per heavy atom. The zero-order valence-corrected chi connectivity index (χ0v) is 20.0. The van der Waals surface area contributed by atoms with Crippen molar-refractivity contribution in [2.75, 3.05) is 38.8 Å². The summed E-state index contributed by atoms with van der Waals surface area (Å²) in [5, 5.41) is 12.0. The van der Waals surface area contributed by atoms with Crippen molar-refractivity contribution in [3.05, 3.63) is 48.0 Å². The molecule has 31 heavy (non-hydrogen) atoms. The summed E-state index contributed by atoms with van der Waals surface area (Å²) in [6.07, 6.45) is 4.26. The van der Waals surface area contributed by atoms with Gasteiger partial charge in [0, 0.05) is 18.1 Å². The van der Waals surface area contributed by atoms with E-state index in [0.29, 0.717) is 13.2 Å². The molecule has 2 aromatic carbocycles. The summed E-state index contributed by atoms with van der Waals surface area (Å²) < 4.78 is 18.8. The SMILES string of the molecule is CCOc1ccc(C2(O)CN(c3ccc(OC)cc3OC)C3=[N+]2CCCCC3)cc1.[Br-]. The van der Waals surface area contributed by atoms with Crippen molar-refractivity contribution in [2.24, 2.45) is 0 Å². The van der Waals surface area contributed by atoms with E-state index >= 15 is 0 Å². The molecule has 0 aliphatic carbocycles. The summed E-state index contributed by atoms with van der Waals surface area (Å²) in [6.45, 7) is 3.86. The van der Waals surface area contributed by atoms with Crippen molar-refractivity contribution in [3.8, 4) is 17.2 Å². The maximum Gasteiger partial charge on any atom is 0.271 e. The van der Waals surface area contributed by atoms with Gasteiger partial charge in [-0.1, -0.05) is 0 Å². The fourth-order valence-corrected chi connectivity index (χ4v) is 4.53. The van der Waals surface area contributed by atoms with Gasteiger partial charge in [-0.25, -0.2) is 9.48 Å². The van der Waals surface area contributed by atoms with E-state index in [4.69, 9.17) is 14.2 Å². The highest BCUT2D eigenvalue weighted by Gasteiger charge is 2.52. The number of benzene rings is 2. The van der Waals surface area contributed by atoms with Gasteiger partial charge in [-0.2, -0.15) is 0 Å². The average molecular weight is 491 g/mol. The molecule has 2 aliphatic rings. The van der Waals surface area contributed by atoms with Crippen molar-refractivity contribution in [3.63, 3.8) is 0 Å². The lowest BCUT2D eigenvalue weighted by atomic mass is 10.0. The smallest absolute Gasteiger partial charge is 0.271 e. The Morgan fingerprint density at radius 1 is 1.00 bits per heavy atom. The van der Waals surface area contributed by atoms with E-state index in [9.17, 15) is 5.11 Å². The lowest BCUT2D eigenvalue weighted by molar-refractivity contribution is -0.658. The summed E-state index contributed by atoms with van der Waals surface area (Å²) in [6, 6.07) is 13.7. The predicted molar refractivity (Wildman–Crippen MR) is 117 cm³/mol. The molecule has 2 aromatic rings. The van der Waals surface area contributed by atoms with Gasteiger partial charge in [0.1, 0.15) is 11.5 Å². The monoisotopic (exact) mass is 490 g/mol. The van der Waals surface area contributed by atoms with Crippen LogP contribution in [0.3, 0.4) is 0 Å². The second-order valence-corrected chi connectivity index (χ2v) is 7.78. The molecule has 168 valence electrons. The average Bonchev–Trinajstić information content (AvgIpc) is 2.92. The number of hydrogen-bond acceptors (Lipinski definition) is 5. The van der Waals surface area contributed by atoms with E-state index < -0.39 is 5.72 Å². The molecule has 0 radical (unpaired) electrons. The van der Waals surface area contributed by atoms with Gasteiger partial charge < -0.3 is 36.3 Å². The second-order valence-electron chi connectivity index (χ2n) is 7.78. The summed E-state index contributed by atoms with van der Waals surface area (Å²) in [7, 11) is 3.32. The van der Waals surface area contributed by atoms with Crippen molar-refractivity contribution < 1.29 is 40.9 Å². The summed E-state index contributed by atoms with van der Waals surface area (Å²) in [5.74, 6) is 3.45. The maximum atomic E-state index is 12.0. The van der Waals surface area contributed by atoms with Crippen LogP contribution in [-0.2, 0) is 5.72 Å².